The molecule has 2 aromatic carbocycles. The van der Waals surface area contributed by atoms with Gasteiger partial charge in [0.2, 0.25) is 15.9 Å². The summed E-state index contributed by atoms with van der Waals surface area (Å²) in [6, 6.07) is 14.9. The van der Waals surface area contributed by atoms with Crippen molar-refractivity contribution in [2.45, 2.75) is 33.2 Å². The van der Waals surface area contributed by atoms with E-state index in [2.05, 4.69) is 5.32 Å². The molecule has 1 amide bonds. The summed E-state index contributed by atoms with van der Waals surface area (Å²) < 4.78 is 31.4. The summed E-state index contributed by atoms with van der Waals surface area (Å²) in [6.45, 7) is 4.97. The summed E-state index contributed by atoms with van der Waals surface area (Å²) >= 11 is 0. The monoisotopic (exact) mass is 404 g/mol. The predicted octanol–water partition coefficient (Wildman–Crippen LogP) is 3.26. The SMILES string of the molecule is CCOc1ccccc1N(CCCC(=O)NCc1ccccc1C)S(C)(=O)=O. The third kappa shape index (κ3) is 6.27. The van der Waals surface area contributed by atoms with Crippen molar-refractivity contribution >= 4 is 21.6 Å². The van der Waals surface area contributed by atoms with Crippen LogP contribution in [-0.2, 0) is 21.4 Å². The van der Waals surface area contributed by atoms with Crippen molar-refractivity contribution in [1.29, 1.82) is 0 Å². The summed E-state index contributed by atoms with van der Waals surface area (Å²) in [5.74, 6) is 0.411. The van der Waals surface area contributed by atoms with Crippen LogP contribution in [0.25, 0.3) is 0 Å². The van der Waals surface area contributed by atoms with Gasteiger partial charge in [-0.2, -0.15) is 0 Å². The van der Waals surface area contributed by atoms with Crippen molar-refractivity contribution in [1.82, 2.24) is 5.32 Å². The van der Waals surface area contributed by atoms with Crippen LogP contribution in [-0.4, -0.2) is 33.7 Å². The highest BCUT2D eigenvalue weighted by molar-refractivity contribution is 7.92. The van der Waals surface area contributed by atoms with Gasteiger partial charge in [-0.25, -0.2) is 8.42 Å². The molecule has 0 aliphatic rings. The van der Waals surface area contributed by atoms with Crippen LogP contribution in [0.3, 0.4) is 0 Å². The van der Waals surface area contributed by atoms with E-state index in [1.165, 1.54) is 4.31 Å². The van der Waals surface area contributed by atoms with Gasteiger partial charge in [0.05, 0.1) is 18.6 Å². The van der Waals surface area contributed by atoms with Crippen LogP contribution >= 0.6 is 0 Å². The lowest BCUT2D eigenvalue weighted by molar-refractivity contribution is -0.121. The van der Waals surface area contributed by atoms with E-state index in [-0.39, 0.29) is 18.9 Å². The van der Waals surface area contributed by atoms with Crippen LogP contribution in [0.2, 0.25) is 0 Å². The zero-order chi connectivity index (χ0) is 20.6. The minimum absolute atomic E-state index is 0.102. The number of hydrogen-bond acceptors (Lipinski definition) is 4. The average Bonchev–Trinajstić information content (AvgIpc) is 2.65. The summed E-state index contributed by atoms with van der Waals surface area (Å²) in [7, 11) is -3.50. The third-order valence-electron chi connectivity index (χ3n) is 4.34. The molecule has 2 aromatic rings. The zero-order valence-electron chi connectivity index (χ0n) is 16.6. The van der Waals surface area contributed by atoms with Gasteiger partial charge in [0.25, 0.3) is 0 Å². The number of amides is 1. The smallest absolute Gasteiger partial charge is 0.232 e. The fourth-order valence-electron chi connectivity index (χ4n) is 2.88. The lowest BCUT2D eigenvalue weighted by Crippen LogP contribution is -2.32. The number of hydrogen-bond donors (Lipinski definition) is 1. The second kappa shape index (κ2) is 10.1. The molecule has 0 saturated heterocycles. The highest BCUT2D eigenvalue weighted by Gasteiger charge is 2.21. The Balaban J connectivity index is 1.96. The van der Waals surface area contributed by atoms with Crippen molar-refractivity contribution in [3.05, 3.63) is 59.7 Å². The first-order valence-corrected chi connectivity index (χ1v) is 11.2. The number of carbonyl (C=O) groups is 1. The second-order valence-corrected chi connectivity index (χ2v) is 8.45. The maximum atomic E-state index is 12.3. The molecule has 0 spiro atoms. The first kappa shape index (κ1) is 21.8. The summed E-state index contributed by atoms with van der Waals surface area (Å²) in [5.41, 5.74) is 2.69. The normalized spacial score (nSPS) is 11.1. The fourth-order valence-corrected chi connectivity index (χ4v) is 3.85. The van der Waals surface area contributed by atoms with Gasteiger partial charge in [-0.3, -0.25) is 9.10 Å². The zero-order valence-corrected chi connectivity index (χ0v) is 17.5. The van der Waals surface area contributed by atoms with Crippen LogP contribution < -0.4 is 14.4 Å². The van der Waals surface area contributed by atoms with E-state index in [1.807, 2.05) is 38.1 Å². The number of ether oxygens (including phenoxy) is 1. The van der Waals surface area contributed by atoms with Crippen molar-refractivity contribution in [2.24, 2.45) is 0 Å². The largest absolute Gasteiger partial charge is 0.492 e. The molecule has 1 N–H and O–H groups in total. The number of carbonyl (C=O) groups excluding carboxylic acids is 1. The number of anilines is 1. The van der Waals surface area contributed by atoms with E-state index >= 15 is 0 Å². The number of nitrogens with zero attached hydrogens (tertiary/aromatic N) is 1. The van der Waals surface area contributed by atoms with Crippen LogP contribution in [0.15, 0.2) is 48.5 Å². The third-order valence-corrected chi connectivity index (χ3v) is 5.52. The van der Waals surface area contributed by atoms with Crippen LogP contribution in [0, 0.1) is 6.92 Å². The molecule has 0 atom stereocenters. The summed E-state index contributed by atoms with van der Waals surface area (Å²) in [6.07, 6.45) is 1.82. The van der Waals surface area contributed by atoms with Crippen molar-refractivity contribution in [3.63, 3.8) is 0 Å². The second-order valence-electron chi connectivity index (χ2n) is 6.54. The first-order chi connectivity index (χ1) is 13.3. The van der Waals surface area contributed by atoms with E-state index in [9.17, 15) is 13.2 Å². The topological polar surface area (TPSA) is 75.7 Å². The number of nitrogens with one attached hydrogen (secondary N) is 1. The fraction of sp³-hybridized carbons (Fsp3) is 0.381. The molecule has 152 valence electrons. The molecule has 7 heteroatoms. The Morgan fingerprint density at radius 1 is 1.11 bits per heavy atom. The molecule has 0 aromatic heterocycles. The number of rotatable bonds is 10. The molecule has 0 unspecified atom stereocenters. The Bertz CT molecular complexity index is 897. The minimum atomic E-state index is -3.50. The van der Waals surface area contributed by atoms with Gasteiger partial charge in [0.15, 0.2) is 0 Å². The standard InChI is InChI=1S/C21H28N2O4S/c1-4-27-20-13-8-7-12-19(20)23(28(3,25)26)15-9-14-21(24)22-16-18-11-6-5-10-17(18)2/h5-8,10-13H,4,9,14-16H2,1-3H3,(H,22,24). The molecular weight excluding hydrogens is 376 g/mol. The molecule has 0 aliphatic heterocycles. The van der Waals surface area contributed by atoms with Crippen molar-refractivity contribution in [3.8, 4) is 5.75 Å². The molecule has 2 rings (SSSR count). The highest BCUT2D eigenvalue weighted by atomic mass is 32.2. The van der Waals surface area contributed by atoms with E-state index in [0.717, 1.165) is 17.4 Å². The van der Waals surface area contributed by atoms with Crippen molar-refractivity contribution < 1.29 is 17.9 Å². The molecule has 28 heavy (non-hydrogen) atoms. The Labute approximate surface area is 167 Å². The molecule has 0 saturated carbocycles. The van der Waals surface area contributed by atoms with Gasteiger partial charge >= 0.3 is 0 Å². The molecular formula is C21H28N2O4S. The van der Waals surface area contributed by atoms with Gasteiger partial charge in [-0.15, -0.1) is 0 Å². The quantitative estimate of drug-likeness (QED) is 0.659. The molecule has 0 fully saturated rings. The Morgan fingerprint density at radius 3 is 2.46 bits per heavy atom. The summed E-state index contributed by atoms with van der Waals surface area (Å²) in [5, 5.41) is 2.89. The van der Waals surface area contributed by atoms with Crippen LogP contribution in [0.1, 0.15) is 30.9 Å². The Kier molecular flexibility index (Phi) is 7.87. The predicted molar refractivity (Wildman–Crippen MR) is 112 cm³/mol. The van der Waals surface area contributed by atoms with Gasteiger partial charge < -0.3 is 10.1 Å². The van der Waals surface area contributed by atoms with Crippen LogP contribution in [0.5, 0.6) is 5.75 Å². The van der Waals surface area contributed by atoms with Gasteiger partial charge in [0, 0.05) is 19.5 Å². The lowest BCUT2D eigenvalue weighted by Gasteiger charge is -2.24. The van der Waals surface area contributed by atoms with Crippen molar-refractivity contribution in [2.75, 3.05) is 23.7 Å². The van der Waals surface area contributed by atoms with Gasteiger partial charge in [0.1, 0.15) is 5.75 Å². The van der Waals surface area contributed by atoms with Gasteiger partial charge in [-0.1, -0.05) is 36.4 Å². The number of para-hydroxylation sites is 2. The molecule has 0 radical (unpaired) electrons. The average molecular weight is 405 g/mol. The van der Waals surface area contributed by atoms with E-state index in [4.69, 9.17) is 4.74 Å². The van der Waals surface area contributed by atoms with E-state index < -0.39 is 10.0 Å². The number of sulfonamides is 1. The maximum absolute atomic E-state index is 12.3. The Morgan fingerprint density at radius 2 is 1.79 bits per heavy atom. The lowest BCUT2D eigenvalue weighted by atomic mass is 10.1. The number of aryl methyl sites for hydroxylation is 1. The highest BCUT2D eigenvalue weighted by Crippen LogP contribution is 2.30. The molecule has 6 nitrogen and oxygen atoms in total. The van der Waals surface area contributed by atoms with E-state index in [1.54, 1.807) is 24.3 Å². The maximum Gasteiger partial charge on any atom is 0.232 e. The minimum Gasteiger partial charge on any atom is -0.492 e. The van der Waals surface area contributed by atoms with E-state index in [0.29, 0.717) is 31.0 Å². The Hall–Kier alpha value is -2.54. The first-order valence-electron chi connectivity index (χ1n) is 9.33. The van der Waals surface area contributed by atoms with Crippen LogP contribution in [0.4, 0.5) is 5.69 Å². The molecule has 0 bridgehead atoms. The summed E-state index contributed by atoms with van der Waals surface area (Å²) in [4.78, 5) is 12.2. The molecule has 0 heterocycles. The number of benzene rings is 2. The molecule has 0 aliphatic carbocycles. The van der Waals surface area contributed by atoms with Gasteiger partial charge in [-0.05, 0) is 43.5 Å².